The number of carboxylic acid groups (broad SMARTS) is 1. The molecule has 6 unspecified atom stereocenters. The number of hydrogen-bond acceptors (Lipinski definition) is 7. The van der Waals surface area contributed by atoms with Gasteiger partial charge >= 0.3 is 11.9 Å². The fourth-order valence-corrected chi connectivity index (χ4v) is 5.25. The van der Waals surface area contributed by atoms with Gasteiger partial charge in [0.2, 0.25) is 0 Å². The lowest BCUT2D eigenvalue weighted by atomic mass is 9.78. The van der Waals surface area contributed by atoms with Crippen LogP contribution in [-0.2, 0) is 23.8 Å². The fraction of sp³-hybridized carbons (Fsp3) is 0.400. The zero-order valence-corrected chi connectivity index (χ0v) is 16.9. The van der Waals surface area contributed by atoms with Crippen LogP contribution in [0.2, 0.25) is 0 Å². The molecule has 132 valence electrons. The lowest BCUT2D eigenvalue weighted by molar-refractivity contribution is -0.314. The van der Waals surface area contributed by atoms with Crippen LogP contribution in [0.5, 0.6) is 0 Å². The minimum absolute atomic E-state index is 0.231. The summed E-state index contributed by atoms with van der Waals surface area (Å²) >= 11 is 9.91. The molecule has 10 heteroatoms. The maximum absolute atomic E-state index is 12.6. The van der Waals surface area contributed by atoms with E-state index in [-0.39, 0.29) is 5.56 Å². The first-order valence-electron chi connectivity index (χ1n) is 7.22. The normalized spacial score (nSPS) is 34.9. The van der Waals surface area contributed by atoms with Crippen LogP contribution in [0.15, 0.2) is 25.6 Å². The van der Waals surface area contributed by atoms with E-state index >= 15 is 0 Å². The highest BCUT2D eigenvalue weighted by Gasteiger charge is 2.70. The third kappa shape index (κ3) is 2.56. The van der Waals surface area contributed by atoms with Crippen LogP contribution in [0.3, 0.4) is 0 Å². The first-order valence-corrected chi connectivity index (χ1v) is 9.60. The topological polar surface area (TPSA) is 102 Å². The summed E-state index contributed by atoms with van der Waals surface area (Å²) in [7, 11) is 0. The molecule has 0 saturated carbocycles. The summed E-state index contributed by atoms with van der Waals surface area (Å²) in [5, 5.41) is 11.4. The summed E-state index contributed by atoms with van der Waals surface area (Å²) in [6, 6.07) is 3.31. The standard InChI is InChI=1S/C15H9Br3O7/c16-3-1-4(8(18)5(17)2-3)14(21)24-11-9-6(13(19)20)7-10(23-9)12(11)25-15(7)22/h1-2,6-7,9-12H,(H,19,20)/p-1. The number of fused-ring (bicyclic) bond motifs is 1. The van der Waals surface area contributed by atoms with Crippen LogP contribution < -0.4 is 5.11 Å². The molecule has 3 fully saturated rings. The van der Waals surface area contributed by atoms with Crippen LogP contribution in [-0.4, -0.2) is 42.3 Å². The van der Waals surface area contributed by atoms with E-state index in [1.807, 2.05) is 0 Å². The molecule has 0 spiro atoms. The summed E-state index contributed by atoms with van der Waals surface area (Å²) in [6.45, 7) is 0. The summed E-state index contributed by atoms with van der Waals surface area (Å²) < 4.78 is 18.0. The number of halogens is 3. The molecule has 3 aliphatic heterocycles. The number of carbonyl (C=O) groups excluding carboxylic acids is 3. The van der Waals surface area contributed by atoms with Gasteiger partial charge in [-0.3, -0.25) is 4.79 Å². The Morgan fingerprint density at radius 3 is 2.52 bits per heavy atom. The molecule has 0 aliphatic carbocycles. The Balaban J connectivity index is 1.63. The molecule has 7 nitrogen and oxygen atoms in total. The second-order valence-corrected chi connectivity index (χ2v) is 8.52. The maximum atomic E-state index is 12.6. The van der Waals surface area contributed by atoms with Gasteiger partial charge in [-0.25, -0.2) is 4.79 Å². The second-order valence-electron chi connectivity index (χ2n) is 5.96. The lowest BCUT2D eigenvalue weighted by Gasteiger charge is -2.28. The molecule has 2 bridgehead atoms. The monoisotopic (exact) mass is 537 g/mol. The summed E-state index contributed by atoms with van der Waals surface area (Å²) in [6.07, 6.45) is -3.48. The first kappa shape index (κ1) is 17.4. The Labute approximate surface area is 166 Å². The van der Waals surface area contributed by atoms with Gasteiger partial charge in [0.25, 0.3) is 0 Å². The number of carbonyl (C=O) groups is 3. The van der Waals surface area contributed by atoms with Crippen LogP contribution in [0, 0.1) is 11.8 Å². The highest BCUT2D eigenvalue weighted by Crippen LogP contribution is 2.51. The summed E-state index contributed by atoms with van der Waals surface area (Å²) in [4.78, 5) is 35.9. The zero-order valence-electron chi connectivity index (χ0n) is 12.1. The molecule has 4 rings (SSSR count). The quantitative estimate of drug-likeness (QED) is 0.420. The molecule has 3 aliphatic rings. The fourth-order valence-electron chi connectivity index (χ4n) is 3.63. The molecule has 25 heavy (non-hydrogen) atoms. The number of benzene rings is 1. The number of hydrogen-bond donors (Lipinski definition) is 0. The van der Waals surface area contributed by atoms with Crippen molar-refractivity contribution in [2.45, 2.75) is 24.4 Å². The minimum atomic E-state index is -1.41. The molecule has 1 aromatic rings. The lowest BCUT2D eigenvalue weighted by Crippen LogP contribution is -2.51. The Morgan fingerprint density at radius 2 is 1.84 bits per heavy atom. The third-order valence-corrected chi connectivity index (χ3v) is 7.10. The third-order valence-electron chi connectivity index (χ3n) is 4.63. The van der Waals surface area contributed by atoms with Crippen LogP contribution in [0.1, 0.15) is 10.4 Å². The molecule has 3 saturated heterocycles. The van der Waals surface area contributed by atoms with E-state index in [0.717, 1.165) is 0 Å². The van der Waals surface area contributed by atoms with Crippen LogP contribution in [0.4, 0.5) is 0 Å². The van der Waals surface area contributed by atoms with E-state index in [1.54, 1.807) is 12.1 Å². The molecule has 1 aromatic carbocycles. The van der Waals surface area contributed by atoms with Crippen molar-refractivity contribution in [3.8, 4) is 0 Å². The van der Waals surface area contributed by atoms with Crippen molar-refractivity contribution in [2.24, 2.45) is 11.8 Å². The van der Waals surface area contributed by atoms with Crippen molar-refractivity contribution < 1.29 is 33.7 Å². The molecule has 0 N–H and O–H groups in total. The van der Waals surface area contributed by atoms with Gasteiger partial charge in [-0.2, -0.15) is 0 Å². The van der Waals surface area contributed by atoms with E-state index < -0.39 is 54.2 Å². The highest BCUT2D eigenvalue weighted by molar-refractivity contribution is 9.13. The van der Waals surface area contributed by atoms with E-state index in [0.29, 0.717) is 13.4 Å². The van der Waals surface area contributed by atoms with E-state index in [4.69, 9.17) is 14.2 Å². The van der Waals surface area contributed by atoms with Gasteiger partial charge < -0.3 is 24.1 Å². The zero-order chi connectivity index (χ0) is 18.0. The van der Waals surface area contributed by atoms with Gasteiger partial charge in [0.1, 0.15) is 12.2 Å². The Hall–Kier alpha value is -0.970. The SMILES string of the molecule is O=C(OC1C2OC(=O)C3C2OC1C3C(=O)[O-])c1cc(Br)cc(Br)c1Br. The molecule has 6 atom stereocenters. The van der Waals surface area contributed by atoms with Crippen LogP contribution >= 0.6 is 47.8 Å². The van der Waals surface area contributed by atoms with Gasteiger partial charge in [-0.15, -0.1) is 0 Å². The van der Waals surface area contributed by atoms with E-state index in [2.05, 4.69) is 47.8 Å². The molecule has 0 aromatic heterocycles. The smallest absolute Gasteiger partial charge is 0.339 e. The largest absolute Gasteiger partial charge is 0.550 e. The predicted molar refractivity (Wildman–Crippen MR) is 89.3 cm³/mol. The van der Waals surface area contributed by atoms with Gasteiger partial charge in [-0.1, -0.05) is 15.9 Å². The second kappa shape index (κ2) is 6.04. The summed E-state index contributed by atoms with van der Waals surface area (Å²) in [5.41, 5.74) is 0.231. The van der Waals surface area contributed by atoms with Gasteiger partial charge in [0, 0.05) is 25.3 Å². The average molecular weight is 540 g/mol. The molecular weight excluding hydrogens is 532 g/mol. The van der Waals surface area contributed by atoms with Crippen molar-refractivity contribution >= 4 is 65.7 Å². The van der Waals surface area contributed by atoms with Crippen molar-refractivity contribution in [1.29, 1.82) is 0 Å². The molecular formula is C15H8Br3O7-. The number of esters is 2. The highest BCUT2D eigenvalue weighted by atomic mass is 79.9. The predicted octanol–water partition coefficient (Wildman–Crippen LogP) is 1.19. The van der Waals surface area contributed by atoms with Crippen molar-refractivity contribution in [3.05, 3.63) is 31.1 Å². The van der Waals surface area contributed by atoms with Gasteiger partial charge in [0.05, 0.1) is 11.5 Å². The number of rotatable bonds is 3. The van der Waals surface area contributed by atoms with Gasteiger partial charge in [0.15, 0.2) is 12.2 Å². The first-order chi connectivity index (χ1) is 11.8. The Morgan fingerprint density at radius 1 is 1.12 bits per heavy atom. The number of aliphatic carboxylic acids is 1. The van der Waals surface area contributed by atoms with Gasteiger partial charge in [-0.05, 0) is 44.0 Å². The van der Waals surface area contributed by atoms with Crippen molar-refractivity contribution in [2.75, 3.05) is 0 Å². The number of carboxylic acids is 1. The Kier molecular flexibility index (Phi) is 4.21. The van der Waals surface area contributed by atoms with Crippen molar-refractivity contribution in [3.63, 3.8) is 0 Å². The maximum Gasteiger partial charge on any atom is 0.339 e. The molecule has 0 radical (unpaired) electrons. The molecule has 3 heterocycles. The van der Waals surface area contributed by atoms with Crippen LogP contribution in [0.25, 0.3) is 0 Å². The Bertz CT molecular complexity index is 811. The van der Waals surface area contributed by atoms with E-state index in [9.17, 15) is 19.5 Å². The minimum Gasteiger partial charge on any atom is -0.550 e. The average Bonchev–Trinajstić information content (AvgIpc) is 3.13. The summed E-state index contributed by atoms with van der Waals surface area (Å²) in [5.74, 6) is -4.85. The number of ether oxygens (including phenoxy) is 3. The molecule has 0 amide bonds. The van der Waals surface area contributed by atoms with E-state index in [1.165, 1.54) is 0 Å². The van der Waals surface area contributed by atoms with Crippen molar-refractivity contribution in [1.82, 2.24) is 0 Å².